The van der Waals surface area contributed by atoms with E-state index >= 15 is 0 Å². The number of nitrogens with one attached hydrogen (secondary N) is 1. The van der Waals surface area contributed by atoms with E-state index in [0.29, 0.717) is 6.04 Å². The van der Waals surface area contributed by atoms with E-state index in [0.717, 1.165) is 25.9 Å². The Labute approximate surface area is 55.1 Å². The summed E-state index contributed by atoms with van der Waals surface area (Å²) in [5.41, 5.74) is 2.74. The second-order valence-electron chi connectivity index (χ2n) is 2.48. The fraction of sp³-hybridized carbons (Fsp3) is 1.00. The van der Waals surface area contributed by atoms with E-state index in [1.807, 2.05) is 5.01 Å². The first-order chi connectivity index (χ1) is 4.33. The minimum atomic E-state index is 0.477. The molecule has 0 aliphatic carbocycles. The number of piperidine rings is 1. The van der Waals surface area contributed by atoms with Gasteiger partial charge in [-0.25, -0.2) is 5.01 Å². The molecule has 0 unspecified atom stereocenters. The zero-order valence-electron chi connectivity index (χ0n) is 5.51. The minimum Gasteiger partial charge on any atom is -0.271 e. The summed E-state index contributed by atoms with van der Waals surface area (Å²) in [5.74, 6) is 10.8. The van der Waals surface area contributed by atoms with Crippen LogP contribution in [0.25, 0.3) is 0 Å². The molecule has 1 heterocycles. The Morgan fingerprint density at radius 2 is 1.89 bits per heavy atom. The van der Waals surface area contributed by atoms with Crippen LogP contribution in [0.15, 0.2) is 0 Å². The van der Waals surface area contributed by atoms with Crippen LogP contribution in [0.5, 0.6) is 0 Å². The lowest BCUT2D eigenvalue weighted by atomic mass is 10.1. The van der Waals surface area contributed by atoms with Crippen LogP contribution in [0.1, 0.15) is 12.8 Å². The molecule has 1 aliphatic heterocycles. The van der Waals surface area contributed by atoms with Gasteiger partial charge in [-0.15, -0.1) is 0 Å². The Hall–Kier alpha value is -0.160. The number of nitrogens with zero attached hydrogens (tertiary/aromatic N) is 1. The molecule has 0 aromatic carbocycles. The summed E-state index contributed by atoms with van der Waals surface area (Å²) in [5, 5.41) is 1.83. The minimum absolute atomic E-state index is 0.477. The van der Waals surface area contributed by atoms with Crippen molar-refractivity contribution in [1.29, 1.82) is 0 Å². The highest BCUT2D eigenvalue weighted by Crippen LogP contribution is 2.04. The number of hydrazine groups is 2. The lowest BCUT2D eigenvalue weighted by Gasteiger charge is -2.27. The summed E-state index contributed by atoms with van der Waals surface area (Å²) in [6, 6.07) is 0.477. The van der Waals surface area contributed by atoms with E-state index < -0.39 is 0 Å². The summed E-state index contributed by atoms with van der Waals surface area (Å²) >= 11 is 0. The number of nitrogens with two attached hydrogens (primary N) is 2. The first-order valence-corrected chi connectivity index (χ1v) is 3.28. The van der Waals surface area contributed by atoms with Gasteiger partial charge in [0.25, 0.3) is 0 Å². The maximum atomic E-state index is 5.52. The zero-order valence-corrected chi connectivity index (χ0v) is 5.51. The summed E-state index contributed by atoms with van der Waals surface area (Å²) in [4.78, 5) is 0. The van der Waals surface area contributed by atoms with Crippen molar-refractivity contribution < 1.29 is 0 Å². The second kappa shape index (κ2) is 3.12. The molecule has 1 rings (SSSR count). The van der Waals surface area contributed by atoms with Crippen LogP contribution in [0, 0.1) is 0 Å². The monoisotopic (exact) mass is 130 g/mol. The van der Waals surface area contributed by atoms with Crippen molar-refractivity contribution in [3.63, 3.8) is 0 Å². The molecule has 4 heteroatoms. The fourth-order valence-corrected chi connectivity index (χ4v) is 1.07. The predicted octanol–water partition coefficient (Wildman–Crippen LogP) is -1.21. The molecule has 1 aliphatic rings. The van der Waals surface area contributed by atoms with E-state index in [1.165, 1.54) is 0 Å². The van der Waals surface area contributed by atoms with Gasteiger partial charge in [0.05, 0.1) is 0 Å². The van der Waals surface area contributed by atoms with Crippen LogP contribution in [-0.2, 0) is 0 Å². The maximum absolute atomic E-state index is 5.52. The van der Waals surface area contributed by atoms with Gasteiger partial charge in [-0.3, -0.25) is 17.1 Å². The lowest BCUT2D eigenvalue weighted by molar-refractivity contribution is 0.202. The molecule has 0 saturated carbocycles. The normalized spacial score (nSPS) is 24.7. The Bertz CT molecular complexity index is 77.0. The van der Waals surface area contributed by atoms with Crippen molar-refractivity contribution in [2.45, 2.75) is 18.9 Å². The van der Waals surface area contributed by atoms with Gasteiger partial charge in [0.2, 0.25) is 0 Å². The Morgan fingerprint density at radius 1 is 1.33 bits per heavy atom. The quantitative estimate of drug-likeness (QED) is 0.308. The van der Waals surface area contributed by atoms with Crippen molar-refractivity contribution in [2.75, 3.05) is 13.1 Å². The van der Waals surface area contributed by atoms with E-state index in [2.05, 4.69) is 5.43 Å². The highest BCUT2D eigenvalue weighted by Gasteiger charge is 2.14. The van der Waals surface area contributed by atoms with Crippen molar-refractivity contribution in [2.24, 2.45) is 11.7 Å². The first-order valence-electron chi connectivity index (χ1n) is 3.28. The summed E-state index contributed by atoms with van der Waals surface area (Å²) in [6.07, 6.45) is 2.12. The topological polar surface area (TPSA) is 67.3 Å². The molecule has 1 fully saturated rings. The molecule has 0 aromatic heterocycles. The van der Waals surface area contributed by atoms with Gasteiger partial charge < -0.3 is 0 Å². The smallest absolute Gasteiger partial charge is 0.0235 e. The second-order valence-corrected chi connectivity index (χ2v) is 2.48. The highest BCUT2D eigenvalue weighted by atomic mass is 15.4. The number of hydrogen-bond acceptors (Lipinski definition) is 4. The van der Waals surface area contributed by atoms with Crippen LogP contribution in [0.3, 0.4) is 0 Å². The molecule has 5 N–H and O–H groups in total. The summed E-state index contributed by atoms with van der Waals surface area (Å²) in [6.45, 7) is 1.91. The first kappa shape index (κ1) is 6.95. The molecule has 1 saturated heterocycles. The maximum Gasteiger partial charge on any atom is 0.0235 e. The van der Waals surface area contributed by atoms with E-state index in [-0.39, 0.29) is 0 Å². The van der Waals surface area contributed by atoms with Crippen LogP contribution < -0.4 is 17.1 Å². The van der Waals surface area contributed by atoms with E-state index in [9.17, 15) is 0 Å². The largest absolute Gasteiger partial charge is 0.271 e. The van der Waals surface area contributed by atoms with Gasteiger partial charge in [0.1, 0.15) is 0 Å². The van der Waals surface area contributed by atoms with Gasteiger partial charge in [-0.1, -0.05) is 0 Å². The Kier molecular flexibility index (Phi) is 2.41. The van der Waals surface area contributed by atoms with Crippen molar-refractivity contribution in [3.05, 3.63) is 0 Å². The molecule has 0 atom stereocenters. The average Bonchev–Trinajstić information content (AvgIpc) is 1.90. The molecule has 0 amide bonds. The average molecular weight is 130 g/mol. The molecule has 0 aromatic rings. The van der Waals surface area contributed by atoms with E-state index in [4.69, 9.17) is 11.7 Å². The van der Waals surface area contributed by atoms with Crippen molar-refractivity contribution in [1.82, 2.24) is 10.4 Å². The fourth-order valence-electron chi connectivity index (χ4n) is 1.07. The van der Waals surface area contributed by atoms with Crippen LogP contribution >= 0.6 is 0 Å². The van der Waals surface area contributed by atoms with Crippen LogP contribution in [0.4, 0.5) is 0 Å². The van der Waals surface area contributed by atoms with Gasteiger partial charge in [0.15, 0.2) is 0 Å². The lowest BCUT2D eigenvalue weighted by Crippen LogP contribution is -2.47. The predicted molar refractivity (Wildman–Crippen MR) is 36.1 cm³/mol. The van der Waals surface area contributed by atoms with E-state index in [1.54, 1.807) is 0 Å². The molecule has 0 spiro atoms. The van der Waals surface area contributed by atoms with Gasteiger partial charge in [-0.05, 0) is 12.8 Å². The molecule has 0 bridgehead atoms. The number of hydrogen-bond donors (Lipinski definition) is 3. The molecule has 9 heavy (non-hydrogen) atoms. The number of rotatable bonds is 1. The third-order valence-corrected chi connectivity index (χ3v) is 1.77. The SMILES string of the molecule is NNC1CCN(N)CC1. The van der Waals surface area contributed by atoms with Gasteiger partial charge >= 0.3 is 0 Å². The standard InChI is InChI=1S/C5H14N4/c6-8-5-1-3-9(7)4-2-5/h5,8H,1-4,6-7H2. The van der Waals surface area contributed by atoms with Gasteiger partial charge in [-0.2, -0.15) is 0 Å². The third kappa shape index (κ3) is 1.91. The van der Waals surface area contributed by atoms with Gasteiger partial charge in [0, 0.05) is 19.1 Å². The van der Waals surface area contributed by atoms with Crippen LogP contribution in [0.2, 0.25) is 0 Å². The summed E-state index contributed by atoms with van der Waals surface area (Å²) in [7, 11) is 0. The zero-order chi connectivity index (χ0) is 6.69. The Balaban J connectivity index is 2.18. The van der Waals surface area contributed by atoms with Crippen molar-refractivity contribution >= 4 is 0 Å². The summed E-state index contributed by atoms with van der Waals surface area (Å²) < 4.78 is 0. The third-order valence-electron chi connectivity index (χ3n) is 1.77. The Morgan fingerprint density at radius 3 is 2.33 bits per heavy atom. The molecule has 0 radical (unpaired) electrons. The molecule has 4 nitrogen and oxygen atoms in total. The van der Waals surface area contributed by atoms with Crippen molar-refractivity contribution in [3.8, 4) is 0 Å². The molecular weight excluding hydrogens is 116 g/mol. The molecule has 54 valence electrons. The molecular formula is C5H14N4. The highest BCUT2D eigenvalue weighted by molar-refractivity contribution is 4.71. The van der Waals surface area contributed by atoms with Crippen LogP contribution in [-0.4, -0.2) is 24.1 Å².